The summed E-state index contributed by atoms with van der Waals surface area (Å²) >= 11 is 9.02. The maximum absolute atomic E-state index is 12.8. The van der Waals surface area contributed by atoms with E-state index in [0.29, 0.717) is 28.5 Å². The van der Waals surface area contributed by atoms with Crippen molar-refractivity contribution in [2.45, 2.75) is 62.3 Å². The van der Waals surface area contributed by atoms with Crippen LogP contribution in [0.1, 0.15) is 50.8 Å². The molecule has 2 aliphatic rings. The number of nitrogens with one attached hydrogen (secondary N) is 1. The van der Waals surface area contributed by atoms with Gasteiger partial charge in [0.15, 0.2) is 0 Å². The first-order valence-corrected chi connectivity index (χ1v) is 11.7. The summed E-state index contributed by atoms with van der Waals surface area (Å²) in [6, 6.07) is 6.99. The predicted octanol–water partition coefficient (Wildman–Crippen LogP) is 5.61. The van der Waals surface area contributed by atoms with E-state index in [0.717, 1.165) is 11.4 Å². The molecule has 1 fully saturated rings. The number of carbonyl (C=O) groups excluding carboxylic acids is 1. The highest BCUT2D eigenvalue weighted by atomic mass is 35.5. The highest BCUT2D eigenvalue weighted by molar-refractivity contribution is 8.00. The molecule has 3 atom stereocenters. The fourth-order valence-corrected chi connectivity index (χ4v) is 7.53. The Hall–Kier alpha value is -1.24. The van der Waals surface area contributed by atoms with E-state index in [1.807, 2.05) is 0 Å². The molecule has 1 aromatic heterocycles. The van der Waals surface area contributed by atoms with Crippen molar-refractivity contribution < 1.29 is 4.79 Å². The molecule has 1 aliphatic carbocycles. The predicted molar refractivity (Wildman–Crippen MR) is 118 cm³/mol. The standard InChI is InChI=1S/C21H25ClN2O2S2/c1-12-4-9-16-15(10-12)18-19(28-21(16,2)3)24(20(26)27-18)11-17(25)23-14-7-5-13(22)6-8-14/h5-8,12,15-16H,4,9-11H2,1-3H3,(H,23,25)/t12-,15-,16-/m0/s1. The fourth-order valence-electron chi connectivity index (χ4n) is 4.59. The lowest BCUT2D eigenvalue weighted by molar-refractivity contribution is -0.116. The van der Waals surface area contributed by atoms with Crippen LogP contribution in [-0.4, -0.2) is 15.2 Å². The summed E-state index contributed by atoms with van der Waals surface area (Å²) in [6.45, 7) is 6.93. The summed E-state index contributed by atoms with van der Waals surface area (Å²) in [4.78, 5) is 26.5. The Bertz CT molecular complexity index is 948. The molecule has 28 heavy (non-hydrogen) atoms. The molecule has 4 nitrogen and oxygen atoms in total. The third-order valence-electron chi connectivity index (χ3n) is 6.01. The van der Waals surface area contributed by atoms with Gasteiger partial charge in [-0.15, -0.1) is 11.8 Å². The number of aromatic nitrogens is 1. The first-order valence-electron chi connectivity index (χ1n) is 9.72. The second-order valence-electron chi connectivity index (χ2n) is 8.52. The Labute approximate surface area is 178 Å². The lowest BCUT2D eigenvalue weighted by Crippen LogP contribution is -2.39. The maximum Gasteiger partial charge on any atom is 0.308 e. The highest BCUT2D eigenvalue weighted by Crippen LogP contribution is 2.58. The molecule has 1 aliphatic heterocycles. The van der Waals surface area contributed by atoms with E-state index < -0.39 is 0 Å². The molecule has 2 aromatic rings. The molecule has 2 heterocycles. The summed E-state index contributed by atoms with van der Waals surface area (Å²) in [5.41, 5.74) is 0.681. The van der Waals surface area contributed by atoms with Crippen LogP contribution in [0, 0.1) is 11.8 Å². The highest BCUT2D eigenvalue weighted by Gasteiger charge is 2.47. The Morgan fingerprint density at radius 3 is 2.71 bits per heavy atom. The molecular formula is C21H25ClN2O2S2. The van der Waals surface area contributed by atoms with Crippen LogP contribution in [0.2, 0.25) is 5.02 Å². The minimum atomic E-state index is -0.192. The molecule has 0 unspecified atom stereocenters. The molecule has 1 N–H and O–H groups in total. The van der Waals surface area contributed by atoms with Gasteiger partial charge in [-0.05, 0) is 48.9 Å². The summed E-state index contributed by atoms with van der Waals surface area (Å²) in [6.07, 6.45) is 3.62. The van der Waals surface area contributed by atoms with Crippen molar-refractivity contribution in [1.29, 1.82) is 0 Å². The molecule has 1 saturated carbocycles. The van der Waals surface area contributed by atoms with E-state index in [9.17, 15) is 9.59 Å². The number of fused-ring (bicyclic) bond motifs is 3. The summed E-state index contributed by atoms with van der Waals surface area (Å²) in [5.74, 6) is 1.53. The number of thiazole rings is 1. The number of hydrogen-bond donors (Lipinski definition) is 1. The topological polar surface area (TPSA) is 51.1 Å². The minimum absolute atomic E-state index is 0.0292. The van der Waals surface area contributed by atoms with E-state index in [1.165, 1.54) is 29.1 Å². The quantitative estimate of drug-likeness (QED) is 0.680. The molecule has 150 valence electrons. The van der Waals surface area contributed by atoms with E-state index in [1.54, 1.807) is 40.6 Å². The number of carbonyl (C=O) groups is 1. The third kappa shape index (κ3) is 3.79. The van der Waals surface area contributed by atoms with Crippen molar-refractivity contribution in [2.75, 3.05) is 5.32 Å². The van der Waals surface area contributed by atoms with Crippen molar-refractivity contribution in [3.63, 3.8) is 0 Å². The lowest BCUT2D eigenvalue weighted by atomic mass is 9.69. The van der Waals surface area contributed by atoms with Crippen LogP contribution < -0.4 is 10.2 Å². The second kappa shape index (κ2) is 7.54. The number of halogens is 1. The summed E-state index contributed by atoms with van der Waals surface area (Å²) < 4.78 is 1.74. The zero-order valence-corrected chi connectivity index (χ0v) is 18.7. The number of amides is 1. The van der Waals surface area contributed by atoms with Crippen LogP contribution in [0.25, 0.3) is 0 Å². The van der Waals surface area contributed by atoms with Gasteiger partial charge in [0, 0.05) is 26.3 Å². The van der Waals surface area contributed by atoms with Gasteiger partial charge in [-0.1, -0.05) is 50.1 Å². The number of hydrogen-bond acceptors (Lipinski definition) is 4. The lowest BCUT2D eigenvalue weighted by Gasteiger charge is -2.47. The number of anilines is 1. The van der Waals surface area contributed by atoms with Crippen molar-refractivity contribution in [3.8, 4) is 0 Å². The smallest absolute Gasteiger partial charge is 0.308 e. The van der Waals surface area contributed by atoms with E-state index >= 15 is 0 Å². The van der Waals surface area contributed by atoms with Crippen molar-refractivity contribution >= 4 is 46.3 Å². The minimum Gasteiger partial charge on any atom is -0.325 e. The van der Waals surface area contributed by atoms with Gasteiger partial charge in [-0.3, -0.25) is 14.2 Å². The van der Waals surface area contributed by atoms with Gasteiger partial charge in [-0.2, -0.15) is 0 Å². The van der Waals surface area contributed by atoms with Gasteiger partial charge in [-0.25, -0.2) is 0 Å². The van der Waals surface area contributed by atoms with Gasteiger partial charge >= 0.3 is 4.87 Å². The number of nitrogens with zero attached hydrogens (tertiary/aromatic N) is 1. The van der Waals surface area contributed by atoms with E-state index in [-0.39, 0.29) is 22.1 Å². The van der Waals surface area contributed by atoms with E-state index in [2.05, 4.69) is 26.1 Å². The SMILES string of the molecule is C[C@H]1CC[C@H]2[C@H](C1)c1sc(=O)n(CC(=O)Nc3ccc(Cl)cc3)c1SC2(C)C. The van der Waals surface area contributed by atoms with Gasteiger partial charge in [0.25, 0.3) is 0 Å². The van der Waals surface area contributed by atoms with Crippen LogP contribution in [0.5, 0.6) is 0 Å². The molecular weight excluding hydrogens is 412 g/mol. The molecule has 7 heteroatoms. The van der Waals surface area contributed by atoms with Gasteiger partial charge in [0.1, 0.15) is 6.54 Å². The average Bonchev–Trinajstić information content (AvgIpc) is 2.92. The van der Waals surface area contributed by atoms with Gasteiger partial charge < -0.3 is 5.32 Å². The number of rotatable bonds is 3. The van der Waals surface area contributed by atoms with Gasteiger partial charge in [0.2, 0.25) is 5.91 Å². The molecule has 4 rings (SSSR count). The molecule has 1 amide bonds. The third-order valence-corrected chi connectivity index (χ3v) is 8.96. The molecule has 0 saturated heterocycles. The Morgan fingerprint density at radius 1 is 1.29 bits per heavy atom. The molecule has 0 spiro atoms. The molecule has 1 aromatic carbocycles. The Kier molecular flexibility index (Phi) is 5.40. The molecule has 0 bridgehead atoms. The fraction of sp³-hybridized carbons (Fsp3) is 0.524. The number of benzene rings is 1. The van der Waals surface area contributed by atoms with Crippen LogP contribution >= 0.6 is 34.7 Å². The summed E-state index contributed by atoms with van der Waals surface area (Å²) in [5, 5.41) is 4.49. The van der Waals surface area contributed by atoms with Crippen LogP contribution in [0.15, 0.2) is 34.1 Å². The van der Waals surface area contributed by atoms with Crippen LogP contribution in [-0.2, 0) is 11.3 Å². The Balaban J connectivity index is 1.61. The van der Waals surface area contributed by atoms with Crippen molar-refractivity contribution in [1.82, 2.24) is 4.57 Å². The Morgan fingerprint density at radius 2 is 2.00 bits per heavy atom. The monoisotopic (exact) mass is 436 g/mol. The zero-order chi connectivity index (χ0) is 20.1. The van der Waals surface area contributed by atoms with Crippen molar-refractivity contribution in [2.24, 2.45) is 11.8 Å². The van der Waals surface area contributed by atoms with Crippen LogP contribution in [0.3, 0.4) is 0 Å². The molecule has 0 radical (unpaired) electrons. The maximum atomic E-state index is 12.8. The first-order chi connectivity index (χ1) is 13.2. The van der Waals surface area contributed by atoms with Crippen molar-refractivity contribution in [3.05, 3.63) is 43.8 Å². The average molecular weight is 437 g/mol. The van der Waals surface area contributed by atoms with Gasteiger partial charge in [0.05, 0.1) is 5.03 Å². The zero-order valence-electron chi connectivity index (χ0n) is 16.3. The van der Waals surface area contributed by atoms with E-state index in [4.69, 9.17) is 11.6 Å². The normalized spacial score (nSPS) is 25.6. The first kappa shape index (κ1) is 20.0. The second-order valence-corrected chi connectivity index (χ2v) is 11.6. The largest absolute Gasteiger partial charge is 0.325 e. The summed E-state index contributed by atoms with van der Waals surface area (Å²) in [7, 11) is 0. The van der Waals surface area contributed by atoms with Crippen LogP contribution in [0.4, 0.5) is 5.69 Å². The number of thioether (sulfide) groups is 1.